The number of amides is 1. The molecule has 1 saturated heterocycles. The second kappa shape index (κ2) is 7.65. The van der Waals surface area contributed by atoms with E-state index in [4.69, 9.17) is 10.00 Å². The van der Waals surface area contributed by atoms with Gasteiger partial charge in [-0.3, -0.25) is 4.79 Å². The monoisotopic (exact) mass is 287 g/mol. The highest BCUT2D eigenvalue weighted by atomic mass is 16.5. The van der Waals surface area contributed by atoms with Crippen molar-refractivity contribution in [3.05, 3.63) is 23.8 Å². The van der Waals surface area contributed by atoms with E-state index >= 15 is 0 Å². The van der Waals surface area contributed by atoms with Gasteiger partial charge in [0, 0.05) is 6.42 Å². The van der Waals surface area contributed by atoms with E-state index in [1.807, 2.05) is 0 Å². The minimum Gasteiger partial charge on any atom is -0.495 e. The van der Waals surface area contributed by atoms with E-state index in [0.29, 0.717) is 29.3 Å². The summed E-state index contributed by atoms with van der Waals surface area (Å²) in [6.07, 6.45) is 3.63. The molecule has 0 aliphatic carbocycles. The molecule has 2 rings (SSSR count). The van der Waals surface area contributed by atoms with Crippen LogP contribution in [-0.4, -0.2) is 26.1 Å². The molecule has 1 aromatic rings. The predicted molar refractivity (Wildman–Crippen MR) is 81.2 cm³/mol. The topological polar surface area (TPSA) is 74.1 Å². The number of para-hydroxylation sites is 1. The van der Waals surface area contributed by atoms with E-state index in [0.717, 1.165) is 32.4 Å². The van der Waals surface area contributed by atoms with E-state index in [9.17, 15) is 4.79 Å². The summed E-state index contributed by atoms with van der Waals surface area (Å²) in [6.45, 7) is 2.08. The lowest BCUT2D eigenvalue weighted by Gasteiger charge is -2.22. The molecule has 1 aliphatic rings. The number of hydrogen-bond acceptors (Lipinski definition) is 4. The van der Waals surface area contributed by atoms with Crippen LogP contribution >= 0.6 is 0 Å². The lowest BCUT2D eigenvalue weighted by Crippen LogP contribution is -2.28. The Morgan fingerprint density at radius 1 is 1.48 bits per heavy atom. The zero-order valence-electron chi connectivity index (χ0n) is 12.3. The third-order valence-corrected chi connectivity index (χ3v) is 3.87. The summed E-state index contributed by atoms with van der Waals surface area (Å²) in [7, 11) is 1.53. The lowest BCUT2D eigenvalue weighted by atomic mass is 9.93. The van der Waals surface area contributed by atoms with Crippen LogP contribution in [0.5, 0.6) is 5.75 Å². The average Bonchev–Trinajstić information content (AvgIpc) is 2.54. The number of rotatable bonds is 5. The maximum absolute atomic E-state index is 12.1. The first kappa shape index (κ1) is 15.3. The normalized spacial score (nSPS) is 15.2. The number of ether oxygens (including phenoxy) is 1. The van der Waals surface area contributed by atoms with Crippen LogP contribution in [0.1, 0.15) is 31.2 Å². The SMILES string of the molecule is COc1cccc(C#N)c1NC(=O)CCC1CCNCC1. The fourth-order valence-corrected chi connectivity index (χ4v) is 2.63. The number of methoxy groups -OCH3 is 1. The molecule has 1 amide bonds. The van der Waals surface area contributed by atoms with Crippen LogP contribution in [-0.2, 0) is 4.79 Å². The summed E-state index contributed by atoms with van der Waals surface area (Å²) in [4.78, 5) is 12.1. The van der Waals surface area contributed by atoms with Crippen LogP contribution in [0.25, 0.3) is 0 Å². The van der Waals surface area contributed by atoms with Gasteiger partial charge >= 0.3 is 0 Å². The molecule has 0 bridgehead atoms. The number of nitrogens with one attached hydrogen (secondary N) is 2. The van der Waals surface area contributed by atoms with Crippen molar-refractivity contribution in [2.75, 3.05) is 25.5 Å². The minimum atomic E-state index is -0.0606. The number of anilines is 1. The Morgan fingerprint density at radius 2 is 2.24 bits per heavy atom. The van der Waals surface area contributed by atoms with Crippen molar-refractivity contribution in [2.45, 2.75) is 25.7 Å². The number of benzene rings is 1. The summed E-state index contributed by atoms with van der Waals surface area (Å²) in [5.74, 6) is 1.07. The maximum atomic E-state index is 12.1. The Morgan fingerprint density at radius 3 is 2.90 bits per heavy atom. The molecule has 0 aromatic heterocycles. The van der Waals surface area contributed by atoms with E-state index in [1.54, 1.807) is 18.2 Å². The molecule has 0 saturated carbocycles. The van der Waals surface area contributed by atoms with E-state index in [2.05, 4.69) is 16.7 Å². The Bertz CT molecular complexity index is 531. The van der Waals surface area contributed by atoms with Crippen LogP contribution in [0, 0.1) is 17.2 Å². The molecule has 1 aromatic carbocycles. The molecule has 1 fully saturated rings. The summed E-state index contributed by atoms with van der Waals surface area (Å²) in [6, 6.07) is 7.23. The molecule has 5 nitrogen and oxygen atoms in total. The van der Waals surface area contributed by atoms with Crippen molar-refractivity contribution in [2.24, 2.45) is 5.92 Å². The first-order valence-corrected chi connectivity index (χ1v) is 7.32. The summed E-state index contributed by atoms with van der Waals surface area (Å²) >= 11 is 0. The third kappa shape index (κ3) is 4.20. The Labute approximate surface area is 125 Å². The minimum absolute atomic E-state index is 0.0606. The zero-order chi connectivity index (χ0) is 15.1. The summed E-state index contributed by atoms with van der Waals surface area (Å²) in [5.41, 5.74) is 0.891. The molecule has 21 heavy (non-hydrogen) atoms. The van der Waals surface area contributed by atoms with E-state index < -0.39 is 0 Å². The van der Waals surface area contributed by atoms with Crippen LogP contribution in [0.15, 0.2) is 18.2 Å². The Hall–Kier alpha value is -2.06. The van der Waals surface area contributed by atoms with Gasteiger partial charge in [0.25, 0.3) is 0 Å². The molecule has 0 atom stereocenters. The van der Waals surface area contributed by atoms with Gasteiger partial charge in [0.2, 0.25) is 5.91 Å². The van der Waals surface area contributed by atoms with E-state index in [1.165, 1.54) is 7.11 Å². The smallest absolute Gasteiger partial charge is 0.224 e. The third-order valence-electron chi connectivity index (χ3n) is 3.87. The number of piperidine rings is 1. The first-order valence-electron chi connectivity index (χ1n) is 7.32. The van der Waals surface area contributed by atoms with Crippen LogP contribution in [0.3, 0.4) is 0 Å². The van der Waals surface area contributed by atoms with E-state index in [-0.39, 0.29) is 5.91 Å². The lowest BCUT2D eigenvalue weighted by molar-refractivity contribution is -0.116. The fraction of sp³-hybridized carbons (Fsp3) is 0.500. The molecule has 2 N–H and O–H groups in total. The number of hydrogen-bond donors (Lipinski definition) is 2. The second-order valence-electron chi connectivity index (χ2n) is 5.27. The molecule has 112 valence electrons. The van der Waals surface area contributed by atoms with Crippen LogP contribution in [0.4, 0.5) is 5.69 Å². The number of carbonyl (C=O) groups is 1. The van der Waals surface area contributed by atoms with Crippen molar-refractivity contribution in [3.63, 3.8) is 0 Å². The van der Waals surface area contributed by atoms with Crippen molar-refractivity contribution >= 4 is 11.6 Å². The number of carbonyl (C=O) groups excluding carboxylic acids is 1. The zero-order valence-corrected chi connectivity index (χ0v) is 12.3. The van der Waals surface area contributed by atoms with Gasteiger partial charge in [-0.1, -0.05) is 6.07 Å². The molecule has 1 heterocycles. The van der Waals surface area contributed by atoms with Gasteiger partial charge in [-0.2, -0.15) is 5.26 Å². The van der Waals surface area contributed by atoms with Gasteiger partial charge < -0.3 is 15.4 Å². The first-order chi connectivity index (χ1) is 10.2. The van der Waals surface area contributed by atoms with Gasteiger partial charge in [-0.05, 0) is 50.4 Å². The number of nitrogens with zero attached hydrogens (tertiary/aromatic N) is 1. The van der Waals surface area contributed by atoms with Gasteiger partial charge in [-0.15, -0.1) is 0 Å². The molecular weight excluding hydrogens is 266 g/mol. The van der Waals surface area contributed by atoms with Crippen molar-refractivity contribution < 1.29 is 9.53 Å². The highest BCUT2D eigenvalue weighted by molar-refractivity contribution is 5.93. The highest BCUT2D eigenvalue weighted by Crippen LogP contribution is 2.28. The molecule has 5 heteroatoms. The van der Waals surface area contributed by atoms with Gasteiger partial charge in [0.1, 0.15) is 17.5 Å². The molecule has 0 unspecified atom stereocenters. The summed E-state index contributed by atoms with van der Waals surface area (Å²) in [5, 5.41) is 15.3. The largest absolute Gasteiger partial charge is 0.495 e. The summed E-state index contributed by atoms with van der Waals surface area (Å²) < 4.78 is 5.21. The van der Waals surface area contributed by atoms with Crippen LogP contribution < -0.4 is 15.4 Å². The Balaban J connectivity index is 1.94. The van der Waals surface area contributed by atoms with Crippen molar-refractivity contribution in [3.8, 4) is 11.8 Å². The van der Waals surface area contributed by atoms with Gasteiger partial charge in [-0.25, -0.2) is 0 Å². The maximum Gasteiger partial charge on any atom is 0.224 e. The molecule has 0 spiro atoms. The predicted octanol–water partition coefficient (Wildman–Crippen LogP) is 2.29. The number of nitriles is 1. The van der Waals surface area contributed by atoms with Crippen LogP contribution in [0.2, 0.25) is 0 Å². The quantitative estimate of drug-likeness (QED) is 0.871. The van der Waals surface area contributed by atoms with Crippen molar-refractivity contribution in [1.29, 1.82) is 5.26 Å². The molecule has 0 radical (unpaired) electrons. The second-order valence-corrected chi connectivity index (χ2v) is 5.27. The average molecular weight is 287 g/mol. The van der Waals surface area contributed by atoms with Gasteiger partial charge in [0.05, 0.1) is 12.7 Å². The Kier molecular flexibility index (Phi) is 5.59. The molecular formula is C16H21N3O2. The standard InChI is InChI=1S/C16H21N3O2/c1-21-14-4-2-3-13(11-17)16(14)19-15(20)6-5-12-7-9-18-10-8-12/h2-4,12,18H,5-10H2,1H3,(H,19,20). The van der Waals surface area contributed by atoms with Crippen molar-refractivity contribution in [1.82, 2.24) is 5.32 Å². The highest BCUT2D eigenvalue weighted by Gasteiger charge is 2.16. The fourth-order valence-electron chi connectivity index (χ4n) is 2.63. The van der Waals surface area contributed by atoms with Gasteiger partial charge in [0.15, 0.2) is 0 Å². The molecule has 1 aliphatic heterocycles.